The number of nitrogens with one attached hydrogen (secondary N) is 2. The van der Waals surface area contributed by atoms with Crippen LogP contribution in [0, 0.1) is 5.82 Å². The molecule has 0 saturated heterocycles. The SMILES string of the molecule is Cn1c(Cc2ccccc2)cnc1CNC(=O)c1cc(F)cc2c1CNCC2. The highest BCUT2D eigenvalue weighted by Gasteiger charge is 2.19. The second-order valence-corrected chi connectivity index (χ2v) is 7.09. The number of carbonyl (C=O) groups is 1. The molecule has 144 valence electrons. The standard InChI is InChI=1S/C22H23FN4O/c1-27-18(9-15-5-3-2-4-6-15)12-25-21(27)14-26-22(28)19-11-17(23)10-16-7-8-24-13-20(16)19/h2-6,10-12,24H,7-9,13-14H2,1H3,(H,26,28). The van der Waals surface area contributed by atoms with Crippen LogP contribution in [0.2, 0.25) is 0 Å². The zero-order valence-electron chi connectivity index (χ0n) is 15.8. The van der Waals surface area contributed by atoms with Gasteiger partial charge in [-0.2, -0.15) is 0 Å². The smallest absolute Gasteiger partial charge is 0.252 e. The van der Waals surface area contributed by atoms with E-state index in [0.717, 1.165) is 42.0 Å². The predicted octanol–water partition coefficient (Wildman–Crippen LogP) is 2.73. The molecule has 0 saturated carbocycles. The molecule has 2 N–H and O–H groups in total. The molecule has 1 aromatic heterocycles. The summed E-state index contributed by atoms with van der Waals surface area (Å²) in [6.45, 7) is 1.68. The van der Waals surface area contributed by atoms with Gasteiger partial charge in [-0.05, 0) is 41.8 Å². The number of hydrogen-bond donors (Lipinski definition) is 2. The highest BCUT2D eigenvalue weighted by Crippen LogP contribution is 2.21. The number of imidazole rings is 1. The van der Waals surface area contributed by atoms with E-state index in [1.165, 1.54) is 17.7 Å². The van der Waals surface area contributed by atoms with Crippen molar-refractivity contribution in [2.24, 2.45) is 7.05 Å². The van der Waals surface area contributed by atoms with Crippen molar-refractivity contribution in [2.75, 3.05) is 6.54 Å². The van der Waals surface area contributed by atoms with E-state index in [0.29, 0.717) is 18.7 Å². The van der Waals surface area contributed by atoms with Crippen LogP contribution in [-0.2, 0) is 33.0 Å². The summed E-state index contributed by atoms with van der Waals surface area (Å²) in [6, 6.07) is 13.0. The molecule has 1 amide bonds. The second-order valence-electron chi connectivity index (χ2n) is 7.09. The third-order valence-corrected chi connectivity index (χ3v) is 5.24. The molecule has 2 heterocycles. The van der Waals surface area contributed by atoms with Crippen LogP contribution in [0.1, 0.15) is 38.6 Å². The highest BCUT2D eigenvalue weighted by atomic mass is 19.1. The molecule has 0 fully saturated rings. The normalized spacial score (nSPS) is 13.2. The Kier molecular flexibility index (Phi) is 5.21. The quantitative estimate of drug-likeness (QED) is 0.718. The zero-order chi connectivity index (χ0) is 19.5. The number of halogens is 1. The minimum Gasteiger partial charge on any atom is -0.345 e. The monoisotopic (exact) mass is 378 g/mol. The van der Waals surface area contributed by atoms with Gasteiger partial charge in [0, 0.05) is 37.5 Å². The van der Waals surface area contributed by atoms with Crippen LogP contribution in [0.15, 0.2) is 48.7 Å². The summed E-state index contributed by atoms with van der Waals surface area (Å²) in [5.41, 5.74) is 4.48. The molecular formula is C22H23FN4O. The molecule has 2 aromatic carbocycles. The van der Waals surface area contributed by atoms with Crippen molar-refractivity contribution in [2.45, 2.75) is 25.9 Å². The maximum absolute atomic E-state index is 13.9. The predicted molar refractivity (Wildman–Crippen MR) is 105 cm³/mol. The van der Waals surface area contributed by atoms with Crippen LogP contribution < -0.4 is 10.6 Å². The lowest BCUT2D eigenvalue weighted by Crippen LogP contribution is -2.30. The fraction of sp³-hybridized carbons (Fsp3) is 0.273. The van der Waals surface area contributed by atoms with Gasteiger partial charge in [0.1, 0.15) is 11.6 Å². The summed E-state index contributed by atoms with van der Waals surface area (Å²) in [5.74, 6) is 0.127. The number of rotatable bonds is 5. The minimum atomic E-state index is -0.368. The Labute approximate surface area is 163 Å². The van der Waals surface area contributed by atoms with Crippen LogP contribution in [-0.4, -0.2) is 22.0 Å². The van der Waals surface area contributed by atoms with Crippen LogP contribution in [0.25, 0.3) is 0 Å². The molecule has 0 spiro atoms. The first-order chi connectivity index (χ1) is 13.6. The summed E-state index contributed by atoms with van der Waals surface area (Å²) in [6.07, 6.45) is 3.35. The maximum Gasteiger partial charge on any atom is 0.252 e. The van der Waals surface area contributed by atoms with Gasteiger partial charge < -0.3 is 15.2 Å². The number of benzene rings is 2. The molecule has 6 heteroatoms. The molecule has 3 aromatic rings. The number of aromatic nitrogens is 2. The van der Waals surface area contributed by atoms with Crippen molar-refractivity contribution >= 4 is 5.91 Å². The Morgan fingerprint density at radius 2 is 2.11 bits per heavy atom. The van der Waals surface area contributed by atoms with Crippen molar-refractivity contribution in [3.63, 3.8) is 0 Å². The van der Waals surface area contributed by atoms with Crippen LogP contribution in [0.3, 0.4) is 0 Å². The molecule has 0 bridgehead atoms. The van der Waals surface area contributed by atoms with E-state index in [-0.39, 0.29) is 11.7 Å². The molecule has 1 aliphatic heterocycles. The van der Waals surface area contributed by atoms with Crippen molar-refractivity contribution in [1.29, 1.82) is 0 Å². The highest BCUT2D eigenvalue weighted by molar-refractivity contribution is 5.96. The average molecular weight is 378 g/mol. The lowest BCUT2D eigenvalue weighted by Gasteiger charge is -2.20. The first-order valence-corrected chi connectivity index (χ1v) is 9.45. The van der Waals surface area contributed by atoms with E-state index in [2.05, 4.69) is 27.8 Å². The molecule has 0 aliphatic carbocycles. The summed E-state index contributed by atoms with van der Waals surface area (Å²) in [7, 11) is 1.95. The third kappa shape index (κ3) is 3.82. The Bertz CT molecular complexity index is 997. The van der Waals surface area contributed by atoms with E-state index in [1.807, 2.05) is 36.0 Å². The molecule has 0 radical (unpaired) electrons. The van der Waals surface area contributed by atoms with Gasteiger partial charge >= 0.3 is 0 Å². The summed E-state index contributed by atoms with van der Waals surface area (Å²) in [5, 5.41) is 6.14. The molecular weight excluding hydrogens is 355 g/mol. The van der Waals surface area contributed by atoms with Crippen LogP contribution >= 0.6 is 0 Å². The molecule has 1 aliphatic rings. The fourth-order valence-corrected chi connectivity index (χ4v) is 3.64. The number of carbonyl (C=O) groups excluding carboxylic acids is 1. The number of fused-ring (bicyclic) bond motifs is 1. The van der Waals surface area contributed by atoms with Gasteiger partial charge in [0.2, 0.25) is 0 Å². The van der Waals surface area contributed by atoms with Gasteiger partial charge in [-0.3, -0.25) is 4.79 Å². The topological polar surface area (TPSA) is 59.0 Å². The molecule has 4 rings (SSSR count). The third-order valence-electron chi connectivity index (χ3n) is 5.24. The van der Waals surface area contributed by atoms with E-state index in [9.17, 15) is 9.18 Å². The van der Waals surface area contributed by atoms with Crippen molar-refractivity contribution in [3.8, 4) is 0 Å². The van der Waals surface area contributed by atoms with Gasteiger partial charge in [0.15, 0.2) is 0 Å². The summed E-state index contributed by atoms with van der Waals surface area (Å²) < 4.78 is 15.9. The lowest BCUT2D eigenvalue weighted by molar-refractivity contribution is 0.0947. The lowest BCUT2D eigenvalue weighted by atomic mass is 9.95. The number of hydrogen-bond acceptors (Lipinski definition) is 3. The fourth-order valence-electron chi connectivity index (χ4n) is 3.64. The van der Waals surface area contributed by atoms with Crippen LogP contribution in [0.4, 0.5) is 4.39 Å². The maximum atomic E-state index is 13.9. The van der Waals surface area contributed by atoms with Gasteiger partial charge in [-0.15, -0.1) is 0 Å². The first kappa shape index (κ1) is 18.4. The molecule has 5 nitrogen and oxygen atoms in total. The van der Waals surface area contributed by atoms with E-state index in [4.69, 9.17) is 0 Å². The number of amides is 1. The van der Waals surface area contributed by atoms with Crippen LogP contribution in [0.5, 0.6) is 0 Å². The zero-order valence-corrected chi connectivity index (χ0v) is 15.8. The van der Waals surface area contributed by atoms with Gasteiger partial charge in [-0.1, -0.05) is 30.3 Å². The van der Waals surface area contributed by atoms with E-state index >= 15 is 0 Å². The first-order valence-electron chi connectivity index (χ1n) is 9.45. The summed E-state index contributed by atoms with van der Waals surface area (Å²) in [4.78, 5) is 17.2. The Morgan fingerprint density at radius 1 is 1.29 bits per heavy atom. The second kappa shape index (κ2) is 7.94. The van der Waals surface area contributed by atoms with Gasteiger partial charge in [0.05, 0.1) is 6.54 Å². The van der Waals surface area contributed by atoms with E-state index < -0.39 is 0 Å². The Morgan fingerprint density at radius 3 is 2.93 bits per heavy atom. The van der Waals surface area contributed by atoms with Gasteiger partial charge in [-0.25, -0.2) is 9.37 Å². The number of nitrogens with zero attached hydrogens (tertiary/aromatic N) is 2. The van der Waals surface area contributed by atoms with Crippen molar-refractivity contribution < 1.29 is 9.18 Å². The van der Waals surface area contributed by atoms with Crippen molar-refractivity contribution in [1.82, 2.24) is 20.2 Å². The Balaban J connectivity index is 1.47. The largest absolute Gasteiger partial charge is 0.345 e. The van der Waals surface area contributed by atoms with Crippen molar-refractivity contribution in [3.05, 3.63) is 88.3 Å². The Hall–Kier alpha value is -2.99. The van der Waals surface area contributed by atoms with E-state index in [1.54, 1.807) is 0 Å². The molecule has 28 heavy (non-hydrogen) atoms. The minimum absolute atomic E-state index is 0.271. The molecule has 0 atom stereocenters. The summed E-state index contributed by atoms with van der Waals surface area (Å²) >= 11 is 0. The molecule has 0 unspecified atom stereocenters. The van der Waals surface area contributed by atoms with Gasteiger partial charge in [0.25, 0.3) is 5.91 Å². The average Bonchev–Trinajstić information content (AvgIpc) is 3.05.